The highest BCUT2D eigenvalue weighted by Crippen LogP contribution is 2.19. The minimum Gasteiger partial charge on any atom is -0.330 e. The second kappa shape index (κ2) is 5.83. The number of aryl methyl sites for hydroxylation is 1. The fourth-order valence-electron chi connectivity index (χ4n) is 1.57. The predicted octanol–water partition coefficient (Wildman–Crippen LogP) is 2.26. The maximum Gasteiger partial charge on any atom is 0.126 e. The molecule has 0 spiro atoms. The van der Waals surface area contributed by atoms with Gasteiger partial charge in [0, 0.05) is 6.04 Å². The van der Waals surface area contributed by atoms with Gasteiger partial charge >= 0.3 is 0 Å². The molecule has 84 valence electrons. The molecule has 2 nitrogen and oxygen atoms in total. The molecule has 1 aromatic rings. The van der Waals surface area contributed by atoms with Crippen LogP contribution in [0.3, 0.4) is 0 Å². The number of unbranched alkanes of at least 4 members (excludes halogenated alkanes) is 1. The molecule has 0 aromatic heterocycles. The zero-order valence-corrected chi connectivity index (χ0v) is 9.17. The molecule has 15 heavy (non-hydrogen) atoms. The molecule has 1 atom stereocenters. The van der Waals surface area contributed by atoms with Crippen LogP contribution in [0.15, 0.2) is 18.2 Å². The van der Waals surface area contributed by atoms with Gasteiger partial charge in [-0.25, -0.2) is 4.39 Å². The lowest BCUT2D eigenvalue weighted by Gasteiger charge is -2.12. The van der Waals surface area contributed by atoms with Gasteiger partial charge in [-0.3, -0.25) is 0 Å². The summed E-state index contributed by atoms with van der Waals surface area (Å²) in [6.07, 6.45) is 2.92. The summed E-state index contributed by atoms with van der Waals surface area (Å²) in [5.74, 6) is -0.173. The third kappa shape index (κ3) is 3.61. The SMILES string of the molecule is Cc1cc([C@@H](N)CCCCN)ccc1F. The summed E-state index contributed by atoms with van der Waals surface area (Å²) in [6.45, 7) is 2.46. The molecule has 0 saturated heterocycles. The van der Waals surface area contributed by atoms with Crippen molar-refractivity contribution in [1.29, 1.82) is 0 Å². The normalized spacial score (nSPS) is 12.8. The molecule has 0 heterocycles. The molecular formula is C12H19FN2. The highest BCUT2D eigenvalue weighted by molar-refractivity contribution is 5.26. The zero-order chi connectivity index (χ0) is 11.3. The van der Waals surface area contributed by atoms with Crippen molar-refractivity contribution in [2.24, 2.45) is 11.5 Å². The Morgan fingerprint density at radius 3 is 2.67 bits per heavy atom. The van der Waals surface area contributed by atoms with Gasteiger partial charge in [-0.15, -0.1) is 0 Å². The van der Waals surface area contributed by atoms with Crippen molar-refractivity contribution in [3.8, 4) is 0 Å². The minimum atomic E-state index is -0.173. The van der Waals surface area contributed by atoms with Gasteiger partial charge in [0.05, 0.1) is 0 Å². The molecule has 3 heteroatoms. The molecule has 1 aromatic carbocycles. The largest absolute Gasteiger partial charge is 0.330 e. The minimum absolute atomic E-state index is 0.00384. The van der Waals surface area contributed by atoms with E-state index in [0.29, 0.717) is 12.1 Å². The Kier molecular flexibility index (Phi) is 4.72. The van der Waals surface area contributed by atoms with Crippen LogP contribution in [0.4, 0.5) is 4.39 Å². The lowest BCUT2D eigenvalue weighted by atomic mass is 10.00. The topological polar surface area (TPSA) is 52.0 Å². The Bertz CT molecular complexity index is 312. The van der Waals surface area contributed by atoms with Crippen LogP contribution in [-0.4, -0.2) is 6.54 Å². The smallest absolute Gasteiger partial charge is 0.126 e. The number of nitrogens with two attached hydrogens (primary N) is 2. The van der Waals surface area contributed by atoms with Crippen LogP contribution in [0.2, 0.25) is 0 Å². The maximum absolute atomic E-state index is 13.0. The molecular weight excluding hydrogens is 191 g/mol. The van der Waals surface area contributed by atoms with E-state index in [-0.39, 0.29) is 11.9 Å². The standard InChI is InChI=1S/C12H19FN2/c1-9-8-10(5-6-11(9)13)12(15)4-2-3-7-14/h5-6,8,12H,2-4,7,14-15H2,1H3/t12-/m0/s1. The number of benzene rings is 1. The summed E-state index contributed by atoms with van der Waals surface area (Å²) < 4.78 is 13.0. The summed E-state index contributed by atoms with van der Waals surface area (Å²) in [5, 5.41) is 0. The van der Waals surface area contributed by atoms with E-state index >= 15 is 0 Å². The molecule has 0 amide bonds. The van der Waals surface area contributed by atoms with Crippen LogP contribution >= 0.6 is 0 Å². The Balaban J connectivity index is 2.57. The highest BCUT2D eigenvalue weighted by Gasteiger charge is 2.07. The van der Waals surface area contributed by atoms with Crippen molar-refractivity contribution in [3.63, 3.8) is 0 Å². The molecule has 0 saturated carbocycles. The number of rotatable bonds is 5. The second-order valence-corrected chi connectivity index (χ2v) is 3.90. The molecule has 1 rings (SSSR count). The monoisotopic (exact) mass is 210 g/mol. The van der Waals surface area contributed by atoms with Crippen molar-refractivity contribution in [1.82, 2.24) is 0 Å². The quantitative estimate of drug-likeness (QED) is 0.732. The predicted molar refractivity (Wildman–Crippen MR) is 61.0 cm³/mol. The number of hydrogen-bond acceptors (Lipinski definition) is 2. The van der Waals surface area contributed by atoms with E-state index in [1.807, 2.05) is 6.07 Å². The van der Waals surface area contributed by atoms with Crippen LogP contribution in [0.5, 0.6) is 0 Å². The van der Waals surface area contributed by atoms with E-state index in [0.717, 1.165) is 24.8 Å². The van der Waals surface area contributed by atoms with Gasteiger partial charge in [0.2, 0.25) is 0 Å². The molecule has 0 radical (unpaired) electrons. The first-order chi connectivity index (χ1) is 7.15. The molecule has 0 bridgehead atoms. The summed E-state index contributed by atoms with van der Waals surface area (Å²) in [5.41, 5.74) is 13.1. The lowest BCUT2D eigenvalue weighted by Crippen LogP contribution is -2.11. The zero-order valence-electron chi connectivity index (χ0n) is 9.17. The summed E-state index contributed by atoms with van der Waals surface area (Å²) in [6, 6.07) is 5.06. The first-order valence-electron chi connectivity index (χ1n) is 5.37. The van der Waals surface area contributed by atoms with Gasteiger partial charge in [0.1, 0.15) is 5.82 Å². The summed E-state index contributed by atoms with van der Waals surface area (Å²) >= 11 is 0. The molecule has 0 aliphatic heterocycles. The Labute approximate surface area is 90.5 Å². The second-order valence-electron chi connectivity index (χ2n) is 3.90. The van der Waals surface area contributed by atoms with Crippen LogP contribution in [0.1, 0.15) is 36.4 Å². The Hall–Kier alpha value is -0.930. The van der Waals surface area contributed by atoms with Crippen molar-refractivity contribution in [2.75, 3.05) is 6.54 Å². The first kappa shape index (κ1) is 12.1. The Morgan fingerprint density at radius 1 is 1.33 bits per heavy atom. The van der Waals surface area contributed by atoms with Crippen LogP contribution in [0.25, 0.3) is 0 Å². The summed E-state index contributed by atoms with van der Waals surface area (Å²) in [7, 11) is 0. The van der Waals surface area contributed by atoms with E-state index < -0.39 is 0 Å². The van der Waals surface area contributed by atoms with Crippen LogP contribution < -0.4 is 11.5 Å². The molecule has 0 aliphatic rings. The molecule has 0 unspecified atom stereocenters. The first-order valence-corrected chi connectivity index (χ1v) is 5.37. The van der Waals surface area contributed by atoms with Gasteiger partial charge in [-0.05, 0) is 43.5 Å². The van der Waals surface area contributed by atoms with Crippen LogP contribution in [0, 0.1) is 12.7 Å². The molecule has 0 aliphatic carbocycles. The third-order valence-electron chi connectivity index (χ3n) is 2.58. The van der Waals surface area contributed by atoms with E-state index in [4.69, 9.17) is 11.5 Å². The van der Waals surface area contributed by atoms with E-state index in [9.17, 15) is 4.39 Å². The van der Waals surface area contributed by atoms with Gasteiger partial charge < -0.3 is 11.5 Å². The third-order valence-corrected chi connectivity index (χ3v) is 2.58. The number of hydrogen-bond donors (Lipinski definition) is 2. The Morgan fingerprint density at radius 2 is 2.07 bits per heavy atom. The van der Waals surface area contributed by atoms with Crippen molar-refractivity contribution >= 4 is 0 Å². The van der Waals surface area contributed by atoms with Crippen molar-refractivity contribution < 1.29 is 4.39 Å². The van der Waals surface area contributed by atoms with Crippen molar-refractivity contribution in [2.45, 2.75) is 32.2 Å². The van der Waals surface area contributed by atoms with E-state index in [1.54, 1.807) is 13.0 Å². The van der Waals surface area contributed by atoms with Gasteiger partial charge in [0.15, 0.2) is 0 Å². The van der Waals surface area contributed by atoms with Gasteiger partial charge in [0.25, 0.3) is 0 Å². The average molecular weight is 210 g/mol. The van der Waals surface area contributed by atoms with Gasteiger partial charge in [-0.1, -0.05) is 18.6 Å². The number of halogens is 1. The van der Waals surface area contributed by atoms with Crippen LogP contribution in [-0.2, 0) is 0 Å². The highest BCUT2D eigenvalue weighted by atomic mass is 19.1. The molecule has 0 fully saturated rings. The fraction of sp³-hybridized carbons (Fsp3) is 0.500. The molecule has 4 N–H and O–H groups in total. The van der Waals surface area contributed by atoms with Crippen molar-refractivity contribution in [3.05, 3.63) is 35.1 Å². The van der Waals surface area contributed by atoms with E-state index in [2.05, 4.69) is 0 Å². The summed E-state index contributed by atoms with van der Waals surface area (Å²) in [4.78, 5) is 0. The fourth-order valence-corrected chi connectivity index (χ4v) is 1.57. The van der Waals surface area contributed by atoms with E-state index in [1.165, 1.54) is 6.07 Å². The lowest BCUT2D eigenvalue weighted by molar-refractivity contribution is 0.584. The average Bonchev–Trinajstić information content (AvgIpc) is 2.22. The van der Waals surface area contributed by atoms with Gasteiger partial charge in [-0.2, -0.15) is 0 Å². The maximum atomic E-state index is 13.0.